The molecule has 0 aliphatic rings. The minimum absolute atomic E-state index is 0.102. The molecule has 0 saturated carbocycles. The van der Waals surface area contributed by atoms with E-state index in [1.807, 2.05) is 0 Å². The van der Waals surface area contributed by atoms with Gasteiger partial charge in [-0.05, 0) is 30.7 Å². The second-order valence-corrected chi connectivity index (χ2v) is 4.88. The highest BCUT2D eigenvalue weighted by Gasteiger charge is 2.13. The van der Waals surface area contributed by atoms with Crippen LogP contribution in [0.3, 0.4) is 0 Å². The molecular formula is C17H13NO5. The maximum absolute atomic E-state index is 12.1. The molecule has 0 saturated heterocycles. The summed E-state index contributed by atoms with van der Waals surface area (Å²) >= 11 is 0. The predicted octanol–water partition coefficient (Wildman–Crippen LogP) is 3.50. The Morgan fingerprint density at radius 3 is 2.26 bits per heavy atom. The standard InChI is InChI=1S/C17H13NO5/c1-11-2-6-14(10-15(11)18(22)23)16(19)9-5-12-3-7-13(8-4-12)17(20)21/h2-10H,1H3,(H,20,21)/b9-5+. The molecule has 0 unspecified atom stereocenters. The van der Waals surface area contributed by atoms with Gasteiger partial charge in [-0.2, -0.15) is 0 Å². The molecule has 2 aromatic rings. The second-order valence-electron chi connectivity index (χ2n) is 4.88. The Hall–Kier alpha value is -3.28. The van der Waals surface area contributed by atoms with Crippen molar-refractivity contribution in [3.05, 3.63) is 80.9 Å². The number of rotatable bonds is 5. The molecular weight excluding hydrogens is 298 g/mol. The Balaban J connectivity index is 2.19. The predicted molar refractivity (Wildman–Crippen MR) is 84.6 cm³/mol. The highest BCUT2D eigenvalue weighted by atomic mass is 16.6. The Labute approximate surface area is 131 Å². The van der Waals surface area contributed by atoms with Gasteiger partial charge in [0.15, 0.2) is 5.78 Å². The fourth-order valence-corrected chi connectivity index (χ4v) is 1.96. The highest BCUT2D eigenvalue weighted by molar-refractivity contribution is 6.07. The minimum atomic E-state index is -1.02. The zero-order valence-electron chi connectivity index (χ0n) is 12.2. The molecule has 6 heteroatoms. The van der Waals surface area contributed by atoms with Crippen molar-refractivity contribution in [3.63, 3.8) is 0 Å². The summed E-state index contributed by atoms with van der Waals surface area (Å²) in [6.07, 6.45) is 2.82. The van der Waals surface area contributed by atoms with E-state index in [-0.39, 0.29) is 22.6 Å². The smallest absolute Gasteiger partial charge is 0.335 e. The van der Waals surface area contributed by atoms with E-state index in [1.54, 1.807) is 19.1 Å². The fraction of sp³-hybridized carbons (Fsp3) is 0.0588. The van der Waals surface area contributed by atoms with Gasteiger partial charge in [-0.3, -0.25) is 14.9 Å². The third-order valence-electron chi connectivity index (χ3n) is 3.28. The van der Waals surface area contributed by atoms with Crippen LogP contribution in [-0.2, 0) is 0 Å². The Morgan fingerprint density at radius 2 is 1.70 bits per heavy atom. The van der Waals surface area contributed by atoms with E-state index in [2.05, 4.69) is 0 Å². The van der Waals surface area contributed by atoms with Crippen molar-refractivity contribution in [1.82, 2.24) is 0 Å². The minimum Gasteiger partial charge on any atom is -0.478 e. The van der Waals surface area contributed by atoms with Crippen LogP contribution in [0, 0.1) is 17.0 Å². The molecule has 1 N–H and O–H groups in total. The van der Waals surface area contributed by atoms with Crippen molar-refractivity contribution in [1.29, 1.82) is 0 Å². The summed E-state index contributed by atoms with van der Waals surface area (Å²) in [5, 5.41) is 19.7. The quantitative estimate of drug-likeness (QED) is 0.394. The average Bonchev–Trinajstić information content (AvgIpc) is 2.53. The first-order valence-electron chi connectivity index (χ1n) is 6.69. The summed E-state index contributed by atoms with van der Waals surface area (Å²) in [6, 6.07) is 10.3. The number of allylic oxidation sites excluding steroid dienone is 1. The molecule has 0 aromatic heterocycles. The average molecular weight is 311 g/mol. The first-order chi connectivity index (χ1) is 10.9. The Bertz CT molecular complexity index is 806. The van der Waals surface area contributed by atoms with E-state index in [0.29, 0.717) is 11.1 Å². The van der Waals surface area contributed by atoms with Crippen LogP contribution in [0.1, 0.15) is 31.8 Å². The lowest BCUT2D eigenvalue weighted by molar-refractivity contribution is -0.385. The number of carboxylic acids is 1. The first kappa shape index (κ1) is 16.1. The molecule has 6 nitrogen and oxygen atoms in total. The summed E-state index contributed by atoms with van der Waals surface area (Å²) in [5.41, 5.74) is 1.42. The molecule has 0 spiro atoms. The van der Waals surface area contributed by atoms with E-state index in [4.69, 9.17) is 5.11 Å². The van der Waals surface area contributed by atoms with Crippen molar-refractivity contribution in [2.75, 3.05) is 0 Å². The van der Waals surface area contributed by atoms with Crippen LogP contribution < -0.4 is 0 Å². The number of carbonyl (C=O) groups is 2. The molecule has 0 heterocycles. The molecule has 0 aliphatic heterocycles. The van der Waals surface area contributed by atoms with Crippen LogP contribution >= 0.6 is 0 Å². The number of nitro benzene ring substituents is 1. The van der Waals surface area contributed by atoms with Crippen molar-refractivity contribution in [3.8, 4) is 0 Å². The van der Waals surface area contributed by atoms with Gasteiger partial charge in [0.2, 0.25) is 0 Å². The summed E-state index contributed by atoms with van der Waals surface area (Å²) in [4.78, 5) is 33.2. The van der Waals surface area contributed by atoms with Crippen LogP contribution in [0.4, 0.5) is 5.69 Å². The highest BCUT2D eigenvalue weighted by Crippen LogP contribution is 2.20. The molecule has 0 bridgehead atoms. The largest absolute Gasteiger partial charge is 0.478 e. The zero-order chi connectivity index (χ0) is 17.0. The van der Waals surface area contributed by atoms with Gasteiger partial charge in [0.05, 0.1) is 10.5 Å². The van der Waals surface area contributed by atoms with Crippen LogP contribution in [0.5, 0.6) is 0 Å². The number of aryl methyl sites for hydroxylation is 1. The number of hydrogen-bond acceptors (Lipinski definition) is 4. The molecule has 0 aliphatic carbocycles. The summed E-state index contributed by atoms with van der Waals surface area (Å²) in [7, 11) is 0. The monoisotopic (exact) mass is 311 g/mol. The number of carbonyl (C=O) groups excluding carboxylic acids is 1. The number of ketones is 1. The lowest BCUT2D eigenvalue weighted by Gasteiger charge is -2.00. The fourth-order valence-electron chi connectivity index (χ4n) is 1.96. The van der Waals surface area contributed by atoms with E-state index in [0.717, 1.165) is 0 Å². The van der Waals surface area contributed by atoms with Crippen molar-refractivity contribution >= 4 is 23.5 Å². The van der Waals surface area contributed by atoms with E-state index in [9.17, 15) is 19.7 Å². The van der Waals surface area contributed by atoms with E-state index < -0.39 is 10.9 Å². The van der Waals surface area contributed by atoms with Crippen molar-refractivity contribution in [2.45, 2.75) is 6.92 Å². The molecule has 0 amide bonds. The van der Waals surface area contributed by atoms with Gasteiger partial charge in [-0.15, -0.1) is 0 Å². The maximum atomic E-state index is 12.1. The summed E-state index contributed by atoms with van der Waals surface area (Å²) < 4.78 is 0. The van der Waals surface area contributed by atoms with Crippen LogP contribution in [-0.4, -0.2) is 21.8 Å². The van der Waals surface area contributed by atoms with Crippen molar-refractivity contribution in [2.24, 2.45) is 0 Å². The van der Waals surface area contributed by atoms with Crippen LogP contribution in [0.2, 0.25) is 0 Å². The lowest BCUT2D eigenvalue weighted by atomic mass is 10.1. The molecule has 0 atom stereocenters. The second kappa shape index (κ2) is 6.65. The Morgan fingerprint density at radius 1 is 1.09 bits per heavy atom. The van der Waals surface area contributed by atoms with Gasteiger partial charge < -0.3 is 5.11 Å². The number of aromatic carboxylic acids is 1. The first-order valence-corrected chi connectivity index (χ1v) is 6.69. The molecule has 116 valence electrons. The van der Waals surface area contributed by atoms with Gasteiger partial charge in [0.1, 0.15) is 0 Å². The van der Waals surface area contributed by atoms with Gasteiger partial charge in [0.25, 0.3) is 5.69 Å². The molecule has 0 fully saturated rings. The Kier molecular flexibility index (Phi) is 4.66. The summed E-state index contributed by atoms with van der Waals surface area (Å²) in [5.74, 6) is -1.39. The van der Waals surface area contributed by atoms with Crippen molar-refractivity contribution < 1.29 is 19.6 Å². The van der Waals surface area contributed by atoms with Crippen LogP contribution in [0.25, 0.3) is 6.08 Å². The number of nitrogens with zero attached hydrogens (tertiary/aromatic N) is 1. The third kappa shape index (κ3) is 3.88. The van der Waals surface area contributed by atoms with Gasteiger partial charge in [0, 0.05) is 17.2 Å². The number of nitro groups is 1. The normalized spacial score (nSPS) is 10.7. The molecule has 2 rings (SSSR count). The third-order valence-corrected chi connectivity index (χ3v) is 3.28. The van der Waals surface area contributed by atoms with Gasteiger partial charge >= 0.3 is 5.97 Å². The van der Waals surface area contributed by atoms with Gasteiger partial charge in [-0.25, -0.2) is 4.79 Å². The molecule has 0 radical (unpaired) electrons. The summed E-state index contributed by atoms with van der Waals surface area (Å²) in [6.45, 7) is 1.60. The number of benzene rings is 2. The lowest BCUT2D eigenvalue weighted by Crippen LogP contribution is -1.98. The number of carboxylic acid groups (broad SMARTS) is 1. The van der Waals surface area contributed by atoms with Gasteiger partial charge in [-0.1, -0.05) is 30.3 Å². The number of hydrogen-bond donors (Lipinski definition) is 1. The topological polar surface area (TPSA) is 97.5 Å². The van der Waals surface area contributed by atoms with E-state index in [1.165, 1.54) is 42.5 Å². The molecule has 23 heavy (non-hydrogen) atoms. The van der Waals surface area contributed by atoms with Crippen LogP contribution in [0.15, 0.2) is 48.5 Å². The SMILES string of the molecule is Cc1ccc(C(=O)/C=C/c2ccc(C(=O)O)cc2)cc1[N+](=O)[O-]. The van der Waals surface area contributed by atoms with E-state index >= 15 is 0 Å². The molecule has 2 aromatic carbocycles. The maximum Gasteiger partial charge on any atom is 0.335 e. The zero-order valence-corrected chi connectivity index (χ0v) is 12.2.